The Hall–Kier alpha value is 0.330. The number of hydrogen-bond donors (Lipinski definition) is 0. The Morgan fingerprint density at radius 3 is 3.00 bits per heavy atom. The second-order valence-electron chi connectivity index (χ2n) is 3.35. The molecule has 2 aliphatic heterocycles. The van der Waals surface area contributed by atoms with E-state index in [0.29, 0.717) is 11.5 Å². The van der Waals surface area contributed by atoms with Gasteiger partial charge in [-0.25, -0.2) is 0 Å². The van der Waals surface area contributed by atoms with Crippen molar-refractivity contribution in [2.45, 2.75) is 31.2 Å². The van der Waals surface area contributed by atoms with Crippen LogP contribution in [0.25, 0.3) is 0 Å². The van der Waals surface area contributed by atoms with Crippen LogP contribution in [0, 0.1) is 0 Å². The molecule has 0 saturated carbocycles. The Morgan fingerprint density at radius 1 is 1.62 bits per heavy atom. The van der Waals surface area contributed by atoms with Crippen molar-refractivity contribution in [3.8, 4) is 0 Å². The van der Waals surface area contributed by atoms with Gasteiger partial charge in [-0.05, 0) is 25.2 Å². The highest BCUT2D eigenvalue weighted by Gasteiger charge is 2.22. The molecule has 2 atom stereocenters. The average molecular weight is 266 g/mol. The Labute approximate surface area is 94.5 Å². The van der Waals surface area contributed by atoms with Crippen LogP contribution in [-0.2, 0) is 4.74 Å². The zero-order chi connectivity index (χ0) is 8.39. The van der Waals surface area contributed by atoms with Crippen LogP contribution in [0.2, 0.25) is 0 Å². The summed E-state index contributed by atoms with van der Waals surface area (Å²) < 4.78 is 5.58. The van der Waals surface area contributed by atoms with Crippen molar-refractivity contribution in [3.05, 3.63) is 11.6 Å². The topological polar surface area (TPSA) is 12.5 Å². The van der Waals surface area contributed by atoms with E-state index < -0.39 is 0 Å². The molecule has 1 fully saturated rings. The molecule has 0 aromatic rings. The highest BCUT2D eigenvalue weighted by molar-refractivity contribution is 8.93. The summed E-state index contributed by atoms with van der Waals surface area (Å²) in [7, 11) is 0. The van der Waals surface area contributed by atoms with E-state index in [4.69, 9.17) is 4.74 Å². The molecule has 2 nitrogen and oxygen atoms in total. The molecule has 0 spiro atoms. The van der Waals surface area contributed by atoms with E-state index in [0.717, 1.165) is 13.2 Å². The van der Waals surface area contributed by atoms with Crippen molar-refractivity contribution in [2.75, 3.05) is 13.2 Å². The van der Waals surface area contributed by atoms with E-state index in [-0.39, 0.29) is 17.0 Å². The quantitative estimate of drug-likeness (QED) is 0.762. The maximum absolute atomic E-state index is 5.58. The molecule has 0 aromatic heterocycles. The Kier molecular flexibility index (Phi) is 4.62. The van der Waals surface area contributed by atoms with Crippen molar-refractivity contribution in [2.24, 2.45) is 0 Å². The smallest absolute Gasteiger partial charge is 0.0759 e. The molecular formula is C9H16BrNOS. The van der Waals surface area contributed by atoms with Gasteiger partial charge in [-0.1, -0.05) is 0 Å². The number of nitrogens with zero attached hydrogens (tertiary/aromatic N) is 1. The van der Waals surface area contributed by atoms with Gasteiger partial charge < -0.3 is 9.64 Å². The van der Waals surface area contributed by atoms with E-state index in [1.54, 1.807) is 0 Å². The van der Waals surface area contributed by atoms with Crippen molar-refractivity contribution in [1.82, 2.24) is 4.90 Å². The molecule has 0 radical (unpaired) electrons. The van der Waals surface area contributed by atoms with Gasteiger partial charge in [-0.15, -0.1) is 28.7 Å². The van der Waals surface area contributed by atoms with Gasteiger partial charge in [0, 0.05) is 19.4 Å². The van der Waals surface area contributed by atoms with Crippen LogP contribution in [0.1, 0.15) is 19.8 Å². The Morgan fingerprint density at radius 2 is 2.46 bits per heavy atom. The Balaban J connectivity index is 0.000000845. The normalized spacial score (nSPS) is 32.2. The Bertz CT molecular complexity index is 182. The first kappa shape index (κ1) is 11.4. The molecule has 0 aliphatic carbocycles. The number of ether oxygens (including phenoxy) is 1. The third kappa shape index (κ3) is 2.89. The van der Waals surface area contributed by atoms with Gasteiger partial charge >= 0.3 is 0 Å². The minimum absolute atomic E-state index is 0. The van der Waals surface area contributed by atoms with E-state index >= 15 is 0 Å². The third-order valence-corrected chi connectivity index (χ3v) is 3.38. The first-order valence-corrected chi connectivity index (χ1v) is 5.50. The predicted octanol–water partition coefficient (Wildman–Crippen LogP) is 2.61. The highest BCUT2D eigenvalue weighted by atomic mass is 79.9. The molecular weight excluding hydrogens is 250 g/mol. The van der Waals surface area contributed by atoms with Crippen LogP contribution in [0.5, 0.6) is 0 Å². The van der Waals surface area contributed by atoms with Crippen LogP contribution in [0.3, 0.4) is 0 Å². The maximum atomic E-state index is 5.58. The lowest BCUT2D eigenvalue weighted by Gasteiger charge is -2.24. The van der Waals surface area contributed by atoms with Gasteiger partial charge in [0.2, 0.25) is 0 Å². The summed E-state index contributed by atoms with van der Waals surface area (Å²) in [6, 6.07) is 0. The number of rotatable bonds is 2. The molecule has 0 bridgehead atoms. The molecule has 0 aromatic carbocycles. The van der Waals surface area contributed by atoms with Crippen LogP contribution in [-0.4, -0.2) is 29.5 Å². The maximum Gasteiger partial charge on any atom is 0.0759 e. The number of hydrogen-bond acceptors (Lipinski definition) is 3. The molecule has 2 heterocycles. The second kappa shape index (κ2) is 5.27. The lowest BCUT2D eigenvalue weighted by Crippen LogP contribution is -2.30. The zero-order valence-corrected chi connectivity index (χ0v) is 10.3. The fraction of sp³-hybridized carbons (Fsp3) is 0.778. The first-order chi connectivity index (χ1) is 5.86. The molecule has 76 valence electrons. The average Bonchev–Trinajstić information content (AvgIpc) is 2.65. The monoisotopic (exact) mass is 265 g/mol. The molecule has 0 amide bonds. The largest absolute Gasteiger partial charge is 0.376 e. The SMILES string of the molecule is Br.CC1SC=CN1CC1CCCO1. The van der Waals surface area contributed by atoms with E-state index in [2.05, 4.69) is 23.4 Å². The van der Waals surface area contributed by atoms with Crippen molar-refractivity contribution in [1.29, 1.82) is 0 Å². The molecule has 4 heteroatoms. The van der Waals surface area contributed by atoms with E-state index in [1.807, 2.05) is 11.8 Å². The van der Waals surface area contributed by atoms with E-state index in [9.17, 15) is 0 Å². The molecule has 1 saturated heterocycles. The molecule has 0 N–H and O–H groups in total. The lowest BCUT2D eigenvalue weighted by atomic mass is 10.2. The zero-order valence-electron chi connectivity index (χ0n) is 7.81. The fourth-order valence-corrected chi connectivity index (χ4v) is 2.43. The summed E-state index contributed by atoms with van der Waals surface area (Å²) in [4.78, 5) is 2.36. The molecule has 2 unspecified atom stereocenters. The summed E-state index contributed by atoms with van der Waals surface area (Å²) in [6.45, 7) is 4.27. The van der Waals surface area contributed by atoms with Gasteiger partial charge in [-0.2, -0.15) is 0 Å². The summed E-state index contributed by atoms with van der Waals surface area (Å²) in [5.41, 5.74) is 0. The second-order valence-corrected chi connectivity index (χ2v) is 4.58. The van der Waals surface area contributed by atoms with Gasteiger partial charge in [0.05, 0.1) is 11.5 Å². The molecule has 2 rings (SSSR count). The predicted molar refractivity (Wildman–Crippen MR) is 62.2 cm³/mol. The fourth-order valence-electron chi connectivity index (χ4n) is 1.66. The standard InChI is InChI=1S/C9H15NOS.BrH/c1-8-10(4-6-12-8)7-9-3-2-5-11-9;/h4,6,8-9H,2-3,5,7H2,1H3;1H. The lowest BCUT2D eigenvalue weighted by molar-refractivity contribution is 0.0860. The summed E-state index contributed by atoms with van der Waals surface area (Å²) in [5.74, 6) is 0. The van der Waals surface area contributed by atoms with Crippen LogP contribution >= 0.6 is 28.7 Å². The minimum atomic E-state index is 0. The van der Waals surface area contributed by atoms with Crippen LogP contribution in [0.4, 0.5) is 0 Å². The summed E-state index contributed by atoms with van der Waals surface area (Å²) in [5, 5.41) is 2.77. The van der Waals surface area contributed by atoms with Gasteiger partial charge in [0.1, 0.15) is 0 Å². The van der Waals surface area contributed by atoms with Crippen molar-refractivity contribution in [3.63, 3.8) is 0 Å². The highest BCUT2D eigenvalue weighted by Crippen LogP contribution is 2.26. The number of thioether (sulfide) groups is 1. The molecule has 13 heavy (non-hydrogen) atoms. The van der Waals surface area contributed by atoms with Crippen molar-refractivity contribution >= 4 is 28.7 Å². The third-order valence-electron chi connectivity index (χ3n) is 2.43. The first-order valence-electron chi connectivity index (χ1n) is 4.56. The van der Waals surface area contributed by atoms with Gasteiger partial charge in [-0.3, -0.25) is 0 Å². The molecule has 2 aliphatic rings. The van der Waals surface area contributed by atoms with Crippen LogP contribution in [0.15, 0.2) is 11.6 Å². The minimum Gasteiger partial charge on any atom is -0.376 e. The summed E-state index contributed by atoms with van der Waals surface area (Å²) in [6.07, 6.45) is 5.14. The van der Waals surface area contributed by atoms with Crippen molar-refractivity contribution < 1.29 is 4.74 Å². The van der Waals surface area contributed by atoms with Gasteiger partial charge in [0.25, 0.3) is 0 Å². The number of halogens is 1. The van der Waals surface area contributed by atoms with Gasteiger partial charge in [0.15, 0.2) is 0 Å². The van der Waals surface area contributed by atoms with E-state index in [1.165, 1.54) is 12.8 Å². The summed E-state index contributed by atoms with van der Waals surface area (Å²) >= 11 is 1.88. The van der Waals surface area contributed by atoms with Crippen LogP contribution < -0.4 is 0 Å².